The van der Waals surface area contributed by atoms with Gasteiger partial charge in [0.05, 0.1) is 11.2 Å². The van der Waals surface area contributed by atoms with E-state index < -0.39 is 5.56 Å². The van der Waals surface area contributed by atoms with Gasteiger partial charge in [-0.05, 0) is 36.8 Å². The van der Waals surface area contributed by atoms with Crippen LogP contribution in [-0.2, 0) is 0 Å². The third-order valence-corrected chi connectivity index (χ3v) is 3.52. The first-order valence-corrected chi connectivity index (χ1v) is 6.87. The van der Waals surface area contributed by atoms with E-state index in [0.29, 0.717) is 22.2 Å². The highest BCUT2D eigenvalue weighted by Gasteiger charge is 2.15. The number of hydrogen-bond donors (Lipinski definition) is 2. The predicted octanol–water partition coefficient (Wildman–Crippen LogP) is 3.83. The number of hydrogen-bond acceptors (Lipinski definition) is 5. The molecule has 0 saturated heterocycles. The second kappa shape index (κ2) is 5.73. The van der Waals surface area contributed by atoms with Crippen LogP contribution in [0.15, 0.2) is 57.5 Å². The van der Waals surface area contributed by atoms with Crippen molar-refractivity contribution in [1.29, 1.82) is 5.26 Å². The van der Waals surface area contributed by atoms with Gasteiger partial charge in [0.25, 0.3) is 5.56 Å². The minimum Gasteiger partial charge on any atom is -0.506 e. The van der Waals surface area contributed by atoms with E-state index in [-0.39, 0.29) is 17.0 Å². The second-order valence-electron chi connectivity index (χ2n) is 4.96. The van der Waals surface area contributed by atoms with Gasteiger partial charge in [-0.2, -0.15) is 10.4 Å². The standard InChI is InChI=1S/C17H12N4O2/c1-10-12(9-18)17(23)19-13-7-8-14(22)16(15(10)13)21-20-11-5-3-2-4-6-11/h2-8,22H,1H3,(H,19,23). The Balaban J connectivity index is 2.28. The molecule has 0 spiro atoms. The maximum atomic E-state index is 11.9. The van der Waals surface area contributed by atoms with Gasteiger partial charge in [-0.25, -0.2) is 0 Å². The number of rotatable bonds is 2. The number of H-pyrrole nitrogens is 1. The molecule has 23 heavy (non-hydrogen) atoms. The molecule has 0 unspecified atom stereocenters. The fourth-order valence-corrected chi connectivity index (χ4v) is 2.38. The number of nitriles is 1. The van der Waals surface area contributed by atoms with Gasteiger partial charge in [-0.1, -0.05) is 18.2 Å². The summed E-state index contributed by atoms with van der Waals surface area (Å²) in [5.41, 5.74) is 1.34. The number of aryl methyl sites for hydroxylation is 1. The molecule has 1 heterocycles. The van der Waals surface area contributed by atoms with E-state index in [1.165, 1.54) is 6.07 Å². The molecule has 0 saturated carbocycles. The zero-order valence-corrected chi connectivity index (χ0v) is 12.2. The highest BCUT2D eigenvalue weighted by atomic mass is 16.3. The molecule has 0 aliphatic rings. The van der Waals surface area contributed by atoms with E-state index in [2.05, 4.69) is 15.2 Å². The second-order valence-corrected chi connectivity index (χ2v) is 4.96. The molecule has 1 aromatic heterocycles. The van der Waals surface area contributed by atoms with Crippen LogP contribution in [0.25, 0.3) is 10.9 Å². The topological polar surface area (TPSA) is 102 Å². The zero-order valence-electron chi connectivity index (χ0n) is 12.2. The first-order valence-electron chi connectivity index (χ1n) is 6.87. The van der Waals surface area contributed by atoms with Crippen LogP contribution in [0.4, 0.5) is 11.4 Å². The summed E-state index contributed by atoms with van der Waals surface area (Å²) < 4.78 is 0. The Morgan fingerprint density at radius 1 is 1.13 bits per heavy atom. The Hall–Kier alpha value is -3.46. The molecule has 0 fully saturated rings. The molecule has 6 nitrogen and oxygen atoms in total. The van der Waals surface area contributed by atoms with E-state index >= 15 is 0 Å². The van der Waals surface area contributed by atoms with Gasteiger partial charge < -0.3 is 10.1 Å². The van der Waals surface area contributed by atoms with Crippen molar-refractivity contribution in [2.45, 2.75) is 6.92 Å². The molecule has 0 radical (unpaired) electrons. The van der Waals surface area contributed by atoms with Gasteiger partial charge in [-0.3, -0.25) is 4.79 Å². The van der Waals surface area contributed by atoms with Crippen LogP contribution >= 0.6 is 0 Å². The third kappa shape index (κ3) is 2.56. The molecule has 0 amide bonds. The molecule has 0 aliphatic heterocycles. The Bertz CT molecular complexity index is 1010. The first kappa shape index (κ1) is 14.5. The van der Waals surface area contributed by atoms with Gasteiger partial charge in [-0.15, -0.1) is 5.11 Å². The van der Waals surface area contributed by atoms with Gasteiger partial charge >= 0.3 is 0 Å². The average Bonchev–Trinajstić information content (AvgIpc) is 2.55. The predicted molar refractivity (Wildman–Crippen MR) is 86.3 cm³/mol. The van der Waals surface area contributed by atoms with Crippen LogP contribution < -0.4 is 5.56 Å². The number of aromatic hydroxyl groups is 1. The molecule has 0 aliphatic carbocycles. The van der Waals surface area contributed by atoms with Crippen LogP contribution in [0.5, 0.6) is 5.75 Å². The Morgan fingerprint density at radius 2 is 1.87 bits per heavy atom. The maximum absolute atomic E-state index is 11.9. The molecule has 0 bridgehead atoms. The highest BCUT2D eigenvalue weighted by Crippen LogP contribution is 2.37. The Labute approximate surface area is 131 Å². The number of nitrogens with zero attached hydrogens (tertiary/aromatic N) is 3. The van der Waals surface area contributed by atoms with Crippen molar-refractivity contribution >= 4 is 22.3 Å². The lowest BCUT2D eigenvalue weighted by atomic mass is 10.0. The number of pyridine rings is 1. The zero-order chi connectivity index (χ0) is 16.4. The molecular weight excluding hydrogens is 292 g/mol. The lowest BCUT2D eigenvalue weighted by molar-refractivity contribution is 0.477. The van der Waals surface area contributed by atoms with E-state index in [1.54, 1.807) is 25.1 Å². The van der Waals surface area contributed by atoms with Crippen LogP contribution in [-0.4, -0.2) is 10.1 Å². The molecule has 3 aromatic rings. The average molecular weight is 304 g/mol. The van der Waals surface area contributed by atoms with Crippen LogP contribution in [0, 0.1) is 18.3 Å². The van der Waals surface area contributed by atoms with Crippen LogP contribution in [0.3, 0.4) is 0 Å². The summed E-state index contributed by atoms with van der Waals surface area (Å²) in [6.45, 7) is 1.65. The SMILES string of the molecule is Cc1c(C#N)c(=O)[nH]c2ccc(O)c(N=Nc3ccccc3)c12. The number of benzene rings is 2. The highest BCUT2D eigenvalue weighted by molar-refractivity contribution is 5.96. The van der Waals surface area contributed by atoms with E-state index in [4.69, 9.17) is 5.26 Å². The minimum atomic E-state index is -0.464. The van der Waals surface area contributed by atoms with Crippen molar-refractivity contribution in [1.82, 2.24) is 4.98 Å². The fourth-order valence-electron chi connectivity index (χ4n) is 2.38. The lowest BCUT2D eigenvalue weighted by Crippen LogP contribution is -2.12. The number of phenolic OH excluding ortho intramolecular Hbond substituents is 1. The van der Waals surface area contributed by atoms with E-state index in [9.17, 15) is 9.90 Å². The van der Waals surface area contributed by atoms with E-state index in [1.807, 2.05) is 24.3 Å². The number of aromatic amines is 1. The number of azo groups is 1. The number of aromatic nitrogens is 1. The number of fused-ring (bicyclic) bond motifs is 1. The van der Waals surface area contributed by atoms with Crippen molar-refractivity contribution in [3.05, 3.63) is 63.9 Å². The normalized spacial score (nSPS) is 11.0. The van der Waals surface area contributed by atoms with Gasteiger partial charge in [0.1, 0.15) is 23.1 Å². The summed E-state index contributed by atoms with van der Waals surface area (Å²) in [5, 5.41) is 28.0. The van der Waals surface area contributed by atoms with Crippen molar-refractivity contribution in [3.8, 4) is 11.8 Å². The summed E-state index contributed by atoms with van der Waals surface area (Å²) >= 11 is 0. The first-order chi connectivity index (χ1) is 11.1. The maximum Gasteiger partial charge on any atom is 0.266 e. The molecule has 2 aromatic carbocycles. The fraction of sp³-hybridized carbons (Fsp3) is 0.0588. The number of nitrogens with one attached hydrogen (secondary N) is 1. The van der Waals surface area contributed by atoms with Crippen LogP contribution in [0.2, 0.25) is 0 Å². The largest absolute Gasteiger partial charge is 0.506 e. The van der Waals surface area contributed by atoms with E-state index in [0.717, 1.165) is 0 Å². The van der Waals surface area contributed by atoms with Gasteiger partial charge in [0, 0.05) is 5.39 Å². The van der Waals surface area contributed by atoms with Gasteiger partial charge in [0.15, 0.2) is 0 Å². The summed E-state index contributed by atoms with van der Waals surface area (Å²) in [6, 6.07) is 14.0. The smallest absolute Gasteiger partial charge is 0.266 e. The molecule has 3 rings (SSSR count). The van der Waals surface area contributed by atoms with Crippen molar-refractivity contribution in [3.63, 3.8) is 0 Å². The summed E-state index contributed by atoms with van der Waals surface area (Å²) in [4.78, 5) is 14.5. The molecular formula is C17H12N4O2. The molecule has 2 N–H and O–H groups in total. The molecule has 112 valence electrons. The lowest BCUT2D eigenvalue weighted by Gasteiger charge is -2.08. The molecule has 6 heteroatoms. The Morgan fingerprint density at radius 3 is 2.57 bits per heavy atom. The van der Waals surface area contributed by atoms with Gasteiger partial charge in [0.2, 0.25) is 0 Å². The Kier molecular flexibility index (Phi) is 3.61. The third-order valence-electron chi connectivity index (χ3n) is 3.52. The molecule has 0 atom stereocenters. The van der Waals surface area contributed by atoms with Crippen molar-refractivity contribution in [2.75, 3.05) is 0 Å². The summed E-state index contributed by atoms with van der Waals surface area (Å²) in [7, 11) is 0. The van der Waals surface area contributed by atoms with Crippen molar-refractivity contribution in [2.24, 2.45) is 10.2 Å². The minimum absolute atomic E-state index is 0.000684. The number of phenols is 1. The van der Waals surface area contributed by atoms with Crippen molar-refractivity contribution < 1.29 is 5.11 Å². The quantitative estimate of drug-likeness (QED) is 0.703. The monoisotopic (exact) mass is 304 g/mol. The summed E-state index contributed by atoms with van der Waals surface area (Å²) in [5.74, 6) is -0.0729. The van der Waals surface area contributed by atoms with Crippen LogP contribution in [0.1, 0.15) is 11.1 Å². The summed E-state index contributed by atoms with van der Waals surface area (Å²) in [6.07, 6.45) is 0.